The molecule has 0 atom stereocenters. The van der Waals surface area contributed by atoms with Crippen LogP contribution in [0.25, 0.3) is 0 Å². The van der Waals surface area contributed by atoms with Gasteiger partial charge in [-0.2, -0.15) is 0 Å². The standard InChI is InChI=1S/C21H28N2O3/c1-5-16-8-7-9-17(6-2)20(16)23-21(24)22-13-12-15-10-11-18(25-3)19(14-15)26-4/h7-11,14H,5-6,12-13H2,1-4H3,(H2,22,23,24). The minimum absolute atomic E-state index is 0.180. The van der Waals surface area contributed by atoms with Gasteiger partial charge in [0.15, 0.2) is 11.5 Å². The second-order valence-electron chi connectivity index (χ2n) is 5.98. The lowest BCUT2D eigenvalue weighted by Gasteiger charge is -2.15. The molecule has 0 spiro atoms. The number of aryl methyl sites for hydroxylation is 2. The van der Waals surface area contributed by atoms with Gasteiger partial charge < -0.3 is 20.1 Å². The second kappa shape index (κ2) is 9.70. The Bertz CT molecular complexity index is 722. The fourth-order valence-corrected chi connectivity index (χ4v) is 2.92. The highest BCUT2D eigenvalue weighted by molar-refractivity contribution is 5.91. The van der Waals surface area contributed by atoms with E-state index in [0.717, 1.165) is 35.2 Å². The van der Waals surface area contributed by atoms with Crippen molar-refractivity contribution in [2.75, 3.05) is 26.1 Å². The van der Waals surface area contributed by atoms with Gasteiger partial charge in [-0.15, -0.1) is 0 Å². The smallest absolute Gasteiger partial charge is 0.319 e. The molecule has 2 aromatic carbocycles. The van der Waals surface area contributed by atoms with Gasteiger partial charge in [0.05, 0.1) is 14.2 Å². The Morgan fingerprint density at radius 2 is 1.62 bits per heavy atom. The molecule has 2 amide bonds. The molecular formula is C21H28N2O3. The highest BCUT2D eigenvalue weighted by atomic mass is 16.5. The predicted octanol–water partition coefficient (Wildman–Crippen LogP) is 4.19. The Hall–Kier alpha value is -2.69. The van der Waals surface area contributed by atoms with Crippen LogP contribution in [0.4, 0.5) is 10.5 Å². The van der Waals surface area contributed by atoms with Crippen LogP contribution in [-0.4, -0.2) is 26.8 Å². The van der Waals surface area contributed by atoms with Gasteiger partial charge in [-0.1, -0.05) is 38.1 Å². The molecule has 0 aliphatic rings. The van der Waals surface area contributed by atoms with Gasteiger partial charge in [-0.3, -0.25) is 0 Å². The fraction of sp³-hybridized carbons (Fsp3) is 0.381. The number of amides is 2. The topological polar surface area (TPSA) is 59.6 Å². The molecule has 0 aliphatic heterocycles. The monoisotopic (exact) mass is 356 g/mol. The maximum Gasteiger partial charge on any atom is 0.319 e. The number of hydrogen-bond acceptors (Lipinski definition) is 3. The van der Waals surface area contributed by atoms with Crippen molar-refractivity contribution in [1.29, 1.82) is 0 Å². The Kier molecular flexibility index (Phi) is 7.33. The maximum absolute atomic E-state index is 12.3. The molecule has 0 saturated carbocycles. The van der Waals surface area contributed by atoms with Crippen LogP contribution in [0.5, 0.6) is 11.5 Å². The van der Waals surface area contributed by atoms with E-state index < -0.39 is 0 Å². The van der Waals surface area contributed by atoms with Crippen LogP contribution in [0.1, 0.15) is 30.5 Å². The lowest BCUT2D eigenvalue weighted by Crippen LogP contribution is -2.31. The van der Waals surface area contributed by atoms with Crippen molar-refractivity contribution in [2.24, 2.45) is 0 Å². The number of urea groups is 1. The zero-order valence-electron chi connectivity index (χ0n) is 16.0. The van der Waals surface area contributed by atoms with Crippen molar-refractivity contribution in [3.05, 3.63) is 53.1 Å². The van der Waals surface area contributed by atoms with Gasteiger partial charge in [-0.05, 0) is 48.1 Å². The lowest BCUT2D eigenvalue weighted by molar-refractivity contribution is 0.252. The number of anilines is 1. The van der Waals surface area contributed by atoms with Gasteiger partial charge in [0.2, 0.25) is 0 Å². The van der Waals surface area contributed by atoms with Gasteiger partial charge in [0.25, 0.3) is 0 Å². The lowest BCUT2D eigenvalue weighted by atomic mass is 10.0. The van der Waals surface area contributed by atoms with E-state index in [-0.39, 0.29) is 6.03 Å². The molecule has 140 valence electrons. The Balaban J connectivity index is 1.94. The molecule has 2 rings (SSSR count). The first-order chi connectivity index (χ1) is 12.6. The molecule has 0 radical (unpaired) electrons. The van der Waals surface area contributed by atoms with Crippen molar-refractivity contribution >= 4 is 11.7 Å². The summed E-state index contributed by atoms with van der Waals surface area (Å²) in [5, 5.41) is 5.94. The SMILES string of the molecule is CCc1cccc(CC)c1NC(=O)NCCc1ccc(OC)c(OC)c1. The zero-order chi connectivity index (χ0) is 18.9. The summed E-state index contributed by atoms with van der Waals surface area (Å²) >= 11 is 0. The first kappa shape index (κ1) is 19.6. The van der Waals surface area contributed by atoms with E-state index in [1.54, 1.807) is 14.2 Å². The Morgan fingerprint density at radius 1 is 0.962 bits per heavy atom. The molecule has 0 heterocycles. The van der Waals surface area contributed by atoms with E-state index >= 15 is 0 Å². The molecule has 26 heavy (non-hydrogen) atoms. The van der Waals surface area contributed by atoms with Crippen LogP contribution in [0, 0.1) is 0 Å². The summed E-state index contributed by atoms with van der Waals surface area (Å²) in [4.78, 5) is 12.3. The van der Waals surface area contributed by atoms with Crippen molar-refractivity contribution < 1.29 is 14.3 Å². The quantitative estimate of drug-likeness (QED) is 0.745. The number of para-hydroxylation sites is 1. The highest BCUT2D eigenvalue weighted by Crippen LogP contribution is 2.27. The normalized spacial score (nSPS) is 10.3. The number of carbonyl (C=O) groups is 1. The molecular weight excluding hydrogens is 328 g/mol. The third kappa shape index (κ3) is 4.91. The molecule has 2 N–H and O–H groups in total. The maximum atomic E-state index is 12.3. The number of ether oxygens (including phenoxy) is 2. The van der Waals surface area contributed by atoms with E-state index in [4.69, 9.17) is 9.47 Å². The summed E-state index contributed by atoms with van der Waals surface area (Å²) in [6.07, 6.45) is 2.48. The van der Waals surface area contributed by atoms with Gasteiger partial charge in [0.1, 0.15) is 0 Å². The summed E-state index contributed by atoms with van der Waals surface area (Å²) in [7, 11) is 3.23. The van der Waals surface area contributed by atoms with Crippen LogP contribution in [-0.2, 0) is 19.3 Å². The summed E-state index contributed by atoms with van der Waals surface area (Å²) in [5.41, 5.74) is 4.31. The van der Waals surface area contributed by atoms with Crippen LogP contribution >= 0.6 is 0 Å². The molecule has 0 saturated heterocycles. The van der Waals surface area contributed by atoms with E-state index in [1.165, 1.54) is 0 Å². The highest BCUT2D eigenvalue weighted by Gasteiger charge is 2.10. The van der Waals surface area contributed by atoms with Crippen molar-refractivity contribution in [3.63, 3.8) is 0 Å². The number of carbonyl (C=O) groups excluding carboxylic acids is 1. The average Bonchev–Trinajstić information content (AvgIpc) is 2.67. The van der Waals surface area contributed by atoms with E-state index in [9.17, 15) is 4.79 Å². The molecule has 0 aromatic heterocycles. The summed E-state index contributed by atoms with van der Waals surface area (Å²) < 4.78 is 10.5. The molecule has 0 fully saturated rings. The summed E-state index contributed by atoms with van der Waals surface area (Å²) in [6, 6.07) is 11.7. The van der Waals surface area contributed by atoms with Crippen molar-refractivity contribution in [3.8, 4) is 11.5 Å². The first-order valence-electron chi connectivity index (χ1n) is 8.99. The van der Waals surface area contributed by atoms with Crippen molar-refractivity contribution in [2.45, 2.75) is 33.1 Å². The third-order valence-electron chi connectivity index (χ3n) is 4.38. The number of rotatable bonds is 8. The molecule has 5 nitrogen and oxygen atoms in total. The van der Waals surface area contributed by atoms with E-state index in [2.05, 4.69) is 36.6 Å². The average molecular weight is 356 g/mol. The Morgan fingerprint density at radius 3 is 2.19 bits per heavy atom. The minimum atomic E-state index is -0.180. The zero-order valence-corrected chi connectivity index (χ0v) is 16.0. The molecule has 0 bridgehead atoms. The van der Waals surface area contributed by atoms with Gasteiger partial charge in [-0.25, -0.2) is 4.79 Å². The van der Waals surface area contributed by atoms with Crippen LogP contribution < -0.4 is 20.1 Å². The molecule has 0 aliphatic carbocycles. The number of benzene rings is 2. The van der Waals surface area contributed by atoms with Crippen molar-refractivity contribution in [1.82, 2.24) is 5.32 Å². The molecule has 0 unspecified atom stereocenters. The van der Waals surface area contributed by atoms with E-state index in [0.29, 0.717) is 24.5 Å². The number of methoxy groups -OCH3 is 2. The molecule has 2 aromatic rings. The second-order valence-corrected chi connectivity index (χ2v) is 5.98. The van der Waals surface area contributed by atoms with Crippen LogP contribution in [0.3, 0.4) is 0 Å². The predicted molar refractivity (Wildman–Crippen MR) is 105 cm³/mol. The summed E-state index contributed by atoms with van der Waals surface area (Å²) in [6.45, 7) is 4.72. The van der Waals surface area contributed by atoms with Crippen LogP contribution in [0.2, 0.25) is 0 Å². The number of nitrogens with one attached hydrogen (secondary N) is 2. The minimum Gasteiger partial charge on any atom is -0.493 e. The van der Waals surface area contributed by atoms with Crippen LogP contribution in [0.15, 0.2) is 36.4 Å². The first-order valence-corrected chi connectivity index (χ1v) is 8.99. The van der Waals surface area contributed by atoms with Gasteiger partial charge in [0, 0.05) is 12.2 Å². The fourth-order valence-electron chi connectivity index (χ4n) is 2.92. The van der Waals surface area contributed by atoms with Gasteiger partial charge >= 0.3 is 6.03 Å². The number of hydrogen-bond donors (Lipinski definition) is 2. The van der Waals surface area contributed by atoms with E-state index in [1.807, 2.05) is 24.3 Å². The summed E-state index contributed by atoms with van der Waals surface area (Å²) in [5.74, 6) is 1.39. The molecule has 5 heteroatoms. The Labute approximate surface area is 155 Å². The largest absolute Gasteiger partial charge is 0.493 e. The third-order valence-corrected chi connectivity index (χ3v) is 4.38.